The van der Waals surface area contributed by atoms with Gasteiger partial charge in [-0.3, -0.25) is 4.90 Å². The SMILES string of the molecule is Oc1ccc(F)c2c1CCN(CC1(O)CCNC1)C2. The maximum atomic E-state index is 13.8. The van der Waals surface area contributed by atoms with Crippen LogP contribution in [0, 0.1) is 5.82 Å². The first kappa shape index (κ1) is 12.8. The van der Waals surface area contributed by atoms with Crippen LogP contribution in [0.15, 0.2) is 12.1 Å². The van der Waals surface area contributed by atoms with Crippen molar-refractivity contribution in [2.45, 2.75) is 25.0 Å². The number of hydrogen-bond donors (Lipinski definition) is 3. The third-order valence-corrected chi connectivity index (χ3v) is 4.15. The number of phenolic OH excluding ortho intramolecular Hbond substituents is 1. The first-order valence-corrected chi connectivity index (χ1v) is 6.72. The van der Waals surface area contributed by atoms with E-state index >= 15 is 0 Å². The van der Waals surface area contributed by atoms with E-state index in [1.54, 1.807) is 0 Å². The molecule has 1 saturated heterocycles. The molecule has 4 nitrogen and oxygen atoms in total. The minimum Gasteiger partial charge on any atom is -0.508 e. The Hall–Kier alpha value is -1.17. The van der Waals surface area contributed by atoms with Gasteiger partial charge in [0.2, 0.25) is 0 Å². The summed E-state index contributed by atoms with van der Waals surface area (Å²) in [4.78, 5) is 2.07. The lowest BCUT2D eigenvalue weighted by Gasteiger charge is -2.34. The standard InChI is InChI=1S/C14H19FN2O2/c15-12-1-2-13(18)10-3-6-17(7-11(10)12)9-14(19)4-5-16-8-14/h1-2,16,18-19H,3-9H2. The van der Waals surface area contributed by atoms with Crippen molar-refractivity contribution < 1.29 is 14.6 Å². The van der Waals surface area contributed by atoms with E-state index in [0.717, 1.165) is 19.5 Å². The van der Waals surface area contributed by atoms with Gasteiger partial charge in [-0.25, -0.2) is 4.39 Å². The Morgan fingerprint density at radius 1 is 1.37 bits per heavy atom. The van der Waals surface area contributed by atoms with Gasteiger partial charge in [-0.15, -0.1) is 0 Å². The summed E-state index contributed by atoms with van der Waals surface area (Å²) in [5.41, 5.74) is 0.582. The van der Waals surface area contributed by atoms with E-state index in [-0.39, 0.29) is 11.6 Å². The Morgan fingerprint density at radius 2 is 2.21 bits per heavy atom. The van der Waals surface area contributed by atoms with Crippen LogP contribution in [-0.2, 0) is 13.0 Å². The molecule has 0 radical (unpaired) electrons. The molecule has 0 saturated carbocycles. The van der Waals surface area contributed by atoms with E-state index in [1.165, 1.54) is 12.1 Å². The highest BCUT2D eigenvalue weighted by Crippen LogP contribution is 2.30. The number of rotatable bonds is 2. The lowest BCUT2D eigenvalue weighted by Crippen LogP contribution is -2.46. The molecule has 19 heavy (non-hydrogen) atoms. The zero-order valence-electron chi connectivity index (χ0n) is 10.8. The molecule has 0 aromatic heterocycles. The highest BCUT2D eigenvalue weighted by molar-refractivity contribution is 5.41. The summed E-state index contributed by atoms with van der Waals surface area (Å²) in [5.74, 6) is -0.0914. The maximum absolute atomic E-state index is 13.8. The fraction of sp³-hybridized carbons (Fsp3) is 0.571. The lowest BCUT2D eigenvalue weighted by molar-refractivity contribution is 0.0163. The highest BCUT2D eigenvalue weighted by atomic mass is 19.1. The van der Waals surface area contributed by atoms with E-state index in [9.17, 15) is 14.6 Å². The predicted octanol–water partition coefficient (Wildman–Crippen LogP) is 0.614. The molecule has 2 aliphatic heterocycles. The largest absolute Gasteiger partial charge is 0.508 e. The zero-order chi connectivity index (χ0) is 13.5. The molecule has 1 aromatic carbocycles. The summed E-state index contributed by atoms with van der Waals surface area (Å²) in [6.45, 7) is 3.17. The molecule has 1 fully saturated rings. The van der Waals surface area contributed by atoms with Crippen LogP contribution in [0.25, 0.3) is 0 Å². The summed E-state index contributed by atoms with van der Waals surface area (Å²) in [6, 6.07) is 2.72. The van der Waals surface area contributed by atoms with Gasteiger partial charge in [0, 0.05) is 37.3 Å². The number of fused-ring (bicyclic) bond motifs is 1. The molecular weight excluding hydrogens is 247 g/mol. The van der Waals surface area contributed by atoms with Crippen LogP contribution >= 0.6 is 0 Å². The van der Waals surface area contributed by atoms with Crippen LogP contribution in [0.3, 0.4) is 0 Å². The molecule has 0 amide bonds. The van der Waals surface area contributed by atoms with Crippen LogP contribution in [0.5, 0.6) is 5.75 Å². The number of nitrogens with one attached hydrogen (secondary N) is 1. The monoisotopic (exact) mass is 266 g/mol. The molecule has 1 atom stereocenters. The number of phenols is 1. The topological polar surface area (TPSA) is 55.7 Å². The number of halogens is 1. The van der Waals surface area contributed by atoms with Crippen molar-refractivity contribution in [3.05, 3.63) is 29.1 Å². The smallest absolute Gasteiger partial charge is 0.128 e. The molecule has 2 aliphatic rings. The number of nitrogens with zero attached hydrogens (tertiary/aromatic N) is 1. The number of benzene rings is 1. The fourth-order valence-corrected chi connectivity index (χ4v) is 3.09. The molecule has 1 unspecified atom stereocenters. The van der Waals surface area contributed by atoms with Gasteiger partial charge < -0.3 is 15.5 Å². The molecule has 1 aromatic rings. The van der Waals surface area contributed by atoms with E-state index in [1.807, 2.05) is 0 Å². The number of aliphatic hydroxyl groups is 1. The fourth-order valence-electron chi connectivity index (χ4n) is 3.09. The molecule has 104 valence electrons. The first-order valence-electron chi connectivity index (χ1n) is 6.72. The lowest BCUT2D eigenvalue weighted by atomic mass is 9.95. The molecule has 0 spiro atoms. The summed E-state index contributed by atoms with van der Waals surface area (Å²) in [7, 11) is 0. The van der Waals surface area contributed by atoms with Crippen LogP contribution < -0.4 is 5.32 Å². The minimum atomic E-state index is -0.704. The molecule has 0 aliphatic carbocycles. The van der Waals surface area contributed by atoms with E-state index in [2.05, 4.69) is 10.2 Å². The Kier molecular flexibility index (Phi) is 3.20. The third kappa shape index (κ3) is 2.45. The van der Waals surface area contributed by atoms with Gasteiger partial charge in [0.1, 0.15) is 11.6 Å². The number of aromatic hydroxyl groups is 1. The normalized spacial score (nSPS) is 27.5. The molecule has 2 heterocycles. The quantitative estimate of drug-likeness (QED) is 0.734. The van der Waals surface area contributed by atoms with Gasteiger partial charge in [-0.1, -0.05) is 0 Å². The van der Waals surface area contributed by atoms with Crippen LogP contribution in [0.4, 0.5) is 4.39 Å². The van der Waals surface area contributed by atoms with Crippen molar-refractivity contribution >= 4 is 0 Å². The zero-order valence-corrected chi connectivity index (χ0v) is 10.8. The summed E-state index contributed by atoms with van der Waals surface area (Å²) < 4.78 is 13.8. The van der Waals surface area contributed by atoms with Crippen LogP contribution in [-0.4, -0.2) is 46.9 Å². The number of hydrogen-bond acceptors (Lipinski definition) is 4. The van der Waals surface area contributed by atoms with Crippen molar-refractivity contribution in [3.63, 3.8) is 0 Å². The molecular formula is C14H19FN2O2. The van der Waals surface area contributed by atoms with E-state index < -0.39 is 5.60 Å². The molecule has 3 N–H and O–H groups in total. The van der Waals surface area contributed by atoms with Gasteiger partial charge in [-0.05, 0) is 31.5 Å². The third-order valence-electron chi connectivity index (χ3n) is 4.15. The Bertz CT molecular complexity index is 487. The average molecular weight is 266 g/mol. The highest BCUT2D eigenvalue weighted by Gasteiger charge is 2.34. The second-order valence-electron chi connectivity index (χ2n) is 5.64. The van der Waals surface area contributed by atoms with Gasteiger partial charge in [0.25, 0.3) is 0 Å². The van der Waals surface area contributed by atoms with E-state index in [4.69, 9.17) is 0 Å². The molecule has 5 heteroatoms. The summed E-state index contributed by atoms with van der Waals surface area (Å²) in [6.07, 6.45) is 1.36. The second kappa shape index (κ2) is 4.74. The molecule has 0 bridgehead atoms. The van der Waals surface area contributed by atoms with Gasteiger partial charge in [-0.2, -0.15) is 0 Å². The Morgan fingerprint density at radius 3 is 2.95 bits per heavy atom. The van der Waals surface area contributed by atoms with Gasteiger partial charge in [0.05, 0.1) is 5.60 Å². The van der Waals surface area contributed by atoms with Crippen LogP contribution in [0.1, 0.15) is 17.5 Å². The van der Waals surface area contributed by atoms with Crippen molar-refractivity contribution in [3.8, 4) is 5.75 Å². The Balaban J connectivity index is 1.77. The molecule has 3 rings (SSSR count). The van der Waals surface area contributed by atoms with Crippen molar-refractivity contribution in [2.75, 3.05) is 26.2 Å². The van der Waals surface area contributed by atoms with Crippen LogP contribution in [0.2, 0.25) is 0 Å². The summed E-state index contributed by atoms with van der Waals surface area (Å²) in [5, 5.41) is 23.3. The second-order valence-corrected chi connectivity index (χ2v) is 5.64. The maximum Gasteiger partial charge on any atom is 0.128 e. The van der Waals surface area contributed by atoms with Crippen molar-refractivity contribution in [2.24, 2.45) is 0 Å². The van der Waals surface area contributed by atoms with Gasteiger partial charge >= 0.3 is 0 Å². The van der Waals surface area contributed by atoms with Crippen molar-refractivity contribution in [1.82, 2.24) is 10.2 Å². The Labute approximate surface area is 111 Å². The predicted molar refractivity (Wildman–Crippen MR) is 69.5 cm³/mol. The first-order chi connectivity index (χ1) is 9.07. The minimum absolute atomic E-state index is 0.178. The number of β-amino-alcohol motifs (C(OH)–C–C–N with tert-alkyl or cyclic N) is 1. The van der Waals surface area contributed by atoms with Gasteiger partial charge in [0.15, 0.2) is 0 Å². The summed E-state index contributed by atoms with van der Waals surface area (Å²) >= 11 is 0. The van der Waals surface area contributed by atoms with E-state index in [0.29, 0.717) is 37.2 Å². The average Bonchev–Trinajstić information content (AvgIpc) is 2.81. The van der Waals surface area contributed by atoms with Crippen molar-refractivity contribution in [1.29, 1.82) is 0 Å².